The topological polar surface area (TPSA) is 42.7 Å². The van der Waals surface area contributed by atoms with Gasteiger partial charge in [0.25, 0.3) is 0 Å². The summed E-state index contributed by atoms with van der Waals surface area (Å²) >= 11 is 0. The van der Waals surface area contributed by atoms with Crippen LogP contribution in [-0.4, -0.2) is 27.4 Å². The summed E-state index contributed by atoms with van der Waals surface area (Å²) in [5, 5.41) is 8.08. The lowest BCUT2D eigenvalue weighted by atomic mass is 9.95. The van der Waals surface area contributed by atoms with Crippen LogP contribution in [0.3, 0.4) is 0 Å². The second kappa shape index (κ2) is 6.04. The van der Waals surface area contributed by atoms with Crippen molar-refractivity contribution in [3.05, 3.63) is 12.2 Å². The first-order valence-corrected chi connectivity index (χ1v) is 7.65. The first-order valence-electron chi connectivity index (χ1n) is 7.65. The van der Waals surface area contributed by atoms with E-state index in [1.165, 1.54) is 19.3 Å². The molecule has 0 spiro atoms. The highest BCUT2D eigenvalue weighted by molar-refractivity contribution is 5.03. The van der Waals surface area contributed by atoms with E-state index in [9.17, 15) is 0 Å². The molecule has 1 aromatic rings. The van der Waals surface area contributed by atoms with Crippen molar-refractivity contribution in [2.45, 2.75) is 66.0 Å². The van der Waals surface area contributed by atoms with Crippen LogP contribution < -0.4 is 5.32 Å². The number of aromatic nitrogens is 3. The molecule has 1 atom stereocenters. The summed E-state index contributed by atoms with van der Waals surface area (Å²) in [6, 6.07) is 0.544. The van der Waals surface area contributed by atoms with Gasteiger partial charge in [-0.3, -0.25) is 0 Å². The molecule has 2 rings (SSSR count). The minimum absolute atomic E-state index is 0.476. The van der Waals surface area contributed by atoms with Gasteiger partial charge in [-0.25, -0.2) is 9.67 Å². The average Bonchev–Trinajstić information content (AvgIpc) is 2.95. The zero-order valence-corrected chi connectivity index (χ0v) is 12.8. The van der Waals surface area contributed by atoms with Crippen molar-refractivity contribution in [2.24, 2.45) is 11.3 Å². The number of nitrogens with zero attached hydrogens (tertiary/aromatic N) is 3. The van der Waals surface area contributed by atoms with Crippen LogP contribution in [0.15, 0.2) is 6.33 Å². The standard InChI is InChI=1S/C15H28N4/c1-5-8-16-13(15(4)6-7-15)9-14-17-11-18-19(14)10-12(2)3/h11-13,16H,5-10H2,1-4H3. The summed E-state index contributed by atoms with van der Waals surface area (Å²) in [5.41, 5.74) is 0.476. The third-order valence-electron chi connectivity index (χ3n) is 4.14. The molecule has 1 heterocycles. The predicted octanol–water partition coefficient (Wildman–Crippen LogP) is 2.64. The Morgan fingerprint density at radius 1 is 1.42 bits per heavy atom. The number of rotatable bonds is 8. The van der Waals surface area contributed by atoms with Gasteiger partial charge in [0, 0.05) is 19.0 Å². The highest BCUT2D eigenvalue weighted by Gasteiger charge is 2.44. The molecule has 1 N–H and O–H groups in total. The molecule has 1 aromatic heterocycles. The zero-order valence-electron chi connectivity index (χ0n) is 12.8. The fraction of sp³-hybridized carbons (Fsp3) is 0.867. The Labute approximate surface area is 117 Å². The maximum Gasteiger partial charge on any atom is 0.138 e. The Kier molecular flexibility index (Phi) is 4.61. The Hall–Kier alpha value is -0.900. The molecule has 1 aliphatic rings. The predicted molar refractivity (Wildman–Crippen MR) is 78.0 cm³/mol. The molecule has 1 saturated carbocycles. The highest BCUT2D eigenvalue weighted by Crippen LogP contribution is 2.48. The number of hydrogen-bond acceptors (Lipinski definition) is 3. The van der Waals surface area contributed by atoms with Crippen molar-refractivity contribution in [1.82, 2.24) is 20.1 Å². The van der Waals surface area contributed by atoms with Gasteiger partial charge in [0.2, 0.25) is 0 Å². The fourth-order valence-corrected chi connectivity index (χ4v) is 2.56. The van der Waals surface area contributed by atoms with Gasteiger partial charge in [0.15, 0.2) is 0 Å². The first-order chi connectivity index (χ1) is 9.05. The van der Waals surface area contributed by atoms with E-state index in [0.29, 0.717) is 17.4 Å². The van der Waals surface area contributed by atoms with E-state index in [0.717, 1.165) is 25.3 Å². The number of nitrogens with one attached hydrogen (secondary N) is 1. The normalized spacial score (nSPS) is 18.8. The van der Waals surface area contributed by atoms with Crippen LogP contribution in [0.2, 0.25) is 0 Å². The van der Waals surface area contributed by atoms with Crippen LogP contribution in [0.25, 0.3) is 0 Å². The molecule has 1 aliphatic carbocycles. The minimum atomic E-state index is 0.476. The largest absolute Gasteiger partial charge is 0.313 e. The summed E-state index contributed by atoms with van der Waals surface area (Å²) in [5.74, 6) is 1.74. The first kappa shape index (κ1) is 14.5. The van der Waals surface area contributed by atoms with Crippen LogP contribution in [0.5, 0.6) is 0 Å². The summed E-state index contributed by atoms with van der Waals surface area (Å²) in [4.78, 5) is 4.47. The van der Waals surface area contributed by atoms with E-state index in [1.807, 2.05) is 0 Å². The monoisotopic (exact) mass is 264 g/mol. The molecule has 0 saturated heterocycles. The van der Waals surface area contributed by atoms with Crippen molar-refractivity contribution in [2.75, 3.05) is 6.54 Å². The molecule has 0 radical (unpaired) electrons. The summed E-state index contributed by atoms with van der Waals surface area (Å²) in [6.07, 6.45) is 6.57. The van der Waals surface area contributed by atoms with Crippen molar-refractivity contribution < 1.29 is 0 Å². The lowest BCUT2D eigenvalue weighted by Gasteiger charge is -2.25. The Balaban J connectivity index is 2.02. The van der Waals surface area contributed by atoms with Gasteiger partial charge in [0.05, 0.1) is 0 Å². The van der Waals surface area contributed by atoms with Crippen molar-refractivity contribution in [3.8, 4) is 0 Å². The molecule has 0 amide bonds. The fourth-order valence-electron chi connectivity index (χ4n) is 2.56. The van der Waals surface area contributed by atoms with E-state index < -0.39 is 0 Å². The maximum atomic E-state index is 4.47. The third kappa shape index (κ3) is 3.78. The second-order valence-electron chi connectivity index (χ2n) is 6.62. The van der Waals surface area contributed by atoms with Crippen LogP contribution in [-0.2, 0) is 13.0 Å². The minimum Gasteiger partial charge on any atom is -0.313 e. The smallest absolute Gasteiger partial charge is 0.138 e. The van der Waals surface area contributed by atoms with Crippen LogP contribution in [0.4, 0.5) is 0 Å². The van der Waals surface area contributed by atoms with Crippen molar-refractivity contribution >= 4 is 0 Å². The van der Waals surface area contributed by atoms with E-state index in [4.69, 9.17) is 0 Å². The summed E-state index contributed by atoms with van der Waals surface area (Å²) < 4.78 is 2.08. The van der Waals surface area contributed by atoms with E-state index >= 15 is 0 Å². The maximum absolute atomic E-state index is 4.47. The molecule has 0 aromatic carbocycles. The molecule has 0 bridgehead atoms. The van der Waals surface area contributed by atoms with Gasteiger partial charge in [-0.2, -0.15) is 5.10 Å². The van der Waals surface area contributed by atoms with Crippen LogP contribution in [0.1, 0.15) is 52.8 Å². The highest BCUT2D eigenvalue weighted by atomic mass is 15.3. The molecule has 1 fully saturated rings. The molecule has 1 unspecified atom stereocenters. The Bertz CT molecular complexity index is 393. The molecular weight excluding hydrogens is 236 g/mol. The van der Waals surface area contributed by atoms with Gasteiger partial charge in [-0.1, -0.05) is 27.7 Å². The SMILES string of the molecule is CCCNC(Cc1ncnn1CC(C)C)C1(C)CC1. The molecule has 108 valence electrons. The molecular formula is C15H28N4. The molecule has 4 heteroatoms. The van der Waals surface area contributed by atoms with Gasteiger partial charge < -0.3 is 5.32 Å². The Morgan fingerprint density at radius 3 is 2.74 bits per heavy atom. The van der Waals surface area contributed by atoms with E-state index in [2.05, 4.69) is 47.8 Å². The summed E-state index contributed by atoms with van der Waals surface area (Å²) in [7, 11) is 0. The van der Waals surface area contributed by atoms with Gasteiger partial charge in [0.1, 0.15) is 12.2 Å². The van der Waals surface area contributed by atoms with Gasteiger partial charge in [-0.15, -0.1) is 0 Å². The lowest BCUT2D eigenvalue weighted by Crippen LogP contribution is -2.39. The van der Waals surface area contributed by atoms with Crippen LogP contribution in [0, 0.1) is 11.3 Å². The van der Waals surface area contributed by atoms with E-state index in [1.54, 1.807) is 6.33 Å². The summed E-state index contributed by atoms with van der Waals surface area (Å²) in [6.45, 7) is 11.1. The number of hydrogen-bond donors (Lipinski definition) is 1. The van der Waals surface area contributed by atoms with Crippen molar-refractivity contribution in [3.63, 3.8) is 0 Å². The zero-order chi connectivity index (χ0) is 13.9. The van der Waals surface area contributed by atoms with Gasteiger partial charge in [-0.05, 0) is 37.1 Å². The lowest BCUT2D eigenvalue weighted by molar-refractivity contribution is 0.340. The van der Waals surface area contributed by atoms with Crippen LogP contribution >= 0.6 is 0 Å². The molecule has 4 nitrogen and oxygen atoms in total. The van der Waals surface area contributed by atoms with Gasteiger partial charge >= 0.3 is 0 Å². The van der Waals surface area contributed by atoms with E-state index in [-0.39, 0.29) is 0 Å². The Morgan fingerprint density at radius 2 is 2.16 bits per heavy atom. The average molecular weight is 264 g/mol. The second-order valence-corrected chi connectivity index (χ2v) is 6.62. The molecule has 19 heavy (non-hydrogen) atoms. The van der Waals surface area contributed by atoms with Crippen molar-refractivity contribution in [1.29, 1.82) is 0 Å². The quantitative estimate of drug-likeness (QED) is 0.785. The molecule has 0 aliphatic heterocycles. The third-order valence-corrected chi connectivity index (χ3v) is 4.14.